The second-order valence-electron chi connectivity index (χ2n) is 4.94. The van der Waals surface area contributed by atoms with E-state index >= 15 is 0 Å². The summed E-state index contributed by atoms with van der Waals surface area (Å²) in [5, 5.41) is 14.1. The van der Waals surface area contributed by atoms with Gasteiger partial charge in [-0.1, -0.05) is 11.6 Å². The highest BCUT2D eigenvalue weighted by Crippen LogP contribution is 2.27. The van der Waals surface area contributed by atoms with E-state index in [-0.39, 0.29) is 6.03 Å². The first kappa shape index (κ1) is 14.6. The van der Waals surface area contributed by atoms with Gasteiger partial charge in [-0.2, -0.15) is 0 Å². The third-order valence-electron chi connectivity index (χ3n) is 3.50. The van der Waals surface area contributed by atoms with Crippen LogP contribution < -0.4 is 15.4 Å². The molecule has 7 nitrogen and oxygen atoms in total. The average Bonchev–Trinajstić information content (AvgIpc) is 3.09. The van der Waals surface area contributed by atoms with Crippen molar-refractivity contribution in [3.8, 4) is 5.75 Å². The van der Waals surface area contributed by atoms with Gasteiger partial charge in [0.2, 0.25) is 0 Å². The summed E-state index contributed by atoms with van der Waals surface area (Å²) in [5.41, 5.74) is 0.592. The molecule has 1 aliphatic rings. The zero-order valence-corrected chi connectivity index (χ0v) is 12.9. The number of hydrogen-bond acceptors (Lipinski definition) is 4. The molecule has 1 aromatic carbocycles. The molecule has 2 N–H and O–H groups in total. The number of carbonyl (C=O) groups excluding carboxylic acids is 1. The summed E-state index contributed by atoms with van der Waals surface area (Å²) < 4.78 is 7.11. The van der Waals surface area contributed by atoms with Crippen LogP contribution in [0.25, 0.3) is 0 Å². The SMILES string of the molecule is COc1ccc(NC(=O)NCc2nnc3n2CCC3)cc1Cl. The number of nitrogens with zero attached hydrogens (tertiary/aromatic N) is 3. The molecule has 0 bridgehead atoms. The molecule has 2 heterocycles. The number of rotatable bonds is 4. The molecule has 8 heteroatoms. The van der Waals surface area contributed by atoms with E-state index in [1.54, 1.807) is 18.2 Å². The van der Waals surface area contributed by atoms with Crippen LogP contribution in [-0.4, -0.2) is 27.9 Å². The number of nitrogens with one attached hydrogen (secondary N) is 2. The van der Waals surface area contributed by atoms with E-state index < -0.39 is 0 Å². The Morgan fingerprint density at radius 2 is 2.32 bits per heavy atom. The van der Waals surface area contributed by atoms with Crippen molar-refractivity contribution in [3.05, 3.63) is 34.9 Å². The molecule has 0 fully saturated rings. The predicted molar refractivity (Wildman–Crippen MR) is 82.2 cm³/mol. The number of urea groups is 1. The molecule has 1 aliphatic heterocycles. The van der Waals surface area contributed by atoms with Crippen molar-refractivity contribution in [1.82, 2.24) is 20.1 Å². The third kappa shape index (κ3) is 2.99. The normalized spacial score (nSPS) is 12.8. The maximum Gasteiger partial charge on any atom is 0.319 e. The summed E-state index contributed by atoms with van der Waals surface area (Å²) in [7, 11) is 1.54. The summed E-state index contributed by atoms with van der Waals surface area (Å²) in [4.78, 5) is 11.9. The summed E-state index contributed by atoms with van der Waals surface area (Å²) in [5.74, 6) is 2.32. The van der Waals surface area contributed by atoms with Gasteiger partial charge in [0.1, 0.15) is 11.6 Å². The van der Waals surface area contributed by atoms with Crippen molar-refractivity contribution in [3.63, 3.8) is 0 Å². The second-order valence-corrected chi connectivity index (χ2v) is 5.35. The van der Waals surface area contributed by atoms with Crippen molar-refractivity contribution in [2.24, 2.45) is 0 Å². The van der Waals surface area contributed by atoms with Crippen LogP contribution >= 0.6 is 11.6 Å². The highest BCUT2D eigenvalue weighted by molar-refractivity contribution is 6.32. The molecule has 0 unspecified atom stereocenters. The average molecular weight is 322 g/mol. The number of fused-ring (bicyclic) bond motifs is 1. The zero-order chi connectivity index (χ0) is 15.5. The largest absolute Gasteiger partial charge is 0.495 e. The number of anilines is 1. The summed E-state index contributed by atoms with van der Waals surface area (Å²) >= 11 is 6.02. The van der Waals surface area contributed by atoms with E-state index in [0.29, 0.717) is 23.0 Å². The van der Waals surface area contributed by atoms with E-state index in [4.69, 9.17) is 16.3 Å². The Bertz CT molecular complexity index is 701. The Kier molecular flexibility index (Phi) is 4.15. The highest BCUT2D eigenvalue weighted by Gasteiger charge is 2.17. The minimum atomic E-state index is -0.323. The van der Waals surface area contributed by atoms with Crippen LogP contribution in [0.4, 0.5) is 10.5 Å². The van der Waals surface area contributed by atoms with Crippen molar-refractivity contribution in [1.29, 1.82) is 0 Å². The van der Waals surface area contributed by atoms with Gasteiger partial charge in [0, 0.05) is 18.7 Å². The third-order valence-corrected chi connectivity index (χ3v) is 3.80. The maximum absolute atomic E-state index is 11.9. The number of amides is 2. The smallest absolute Gasteiger partial charge is 0.319 e. The molecule has 116 valence electrons. The van der Waals surface area contributed by atoms with E-state index in [2.05, 4.69) is 20.8 Å². The van der Waals surface area contributed by atoms with E-state index in [1.807, 2.05) is 4.57 Å². The molecule has 2 aromatic rings. The minimum Gasteiger partial charge on any atom is -0.495 e. The van der Waals surface area contributed by atoms with Crippen molar-refractivity contribution in [2.45, 2.75) is 25.9 Å². The van der Waals surface area contributed by atoms with E-state index in [1.165, 1.54) is 7.11 Å². The Hall–Kier alpha value is -2.28. The molecular weight excluding hydrogens is 306 g/mol. The summed E-state index contributed by atoms with van der Waals surface area (Å²) in [6, 6.07) is 4.73. The monoisotopic (exact) mass is 321 g/mol. The van der Waals surface area contributed by atoms with Crippen molar-refractivity contribution >= 4 is 23.3 Å². The number of carbonyl (C=O) groups is 1. The van der Waals surface area contributed by atoms with Crippen LogP contribution in [0.3, 0.4) is 0 Å². The quantitative estimate of drug-likeness (QED) is 0.904. The van der Waals surface area contributed by atoms with Gasteiger partial charge < -0.3 is 19.9 Å². The molecule has 0 saturated carbocycles. The topological polar surface area (TPSA) is 81.1 Å². The Balaban J connectivity index is 1.57. The fourth-order valence-electron chi connectivity index (χ4n) is 2.42. The lowest BCUT2D eigenvalue weighted by molar-refractivity contribution is 0.251. The molecule has 0 radical (unpaired) electrons. The summed E-state index contributed by atoms with van der Waals surface area (Å²) in [6.45, 7) is 1.25. The van der Waals surface area contributed by atoms with E-state index in [0.717, 1.165) is 31.0 Å². The lowest BCUT2D eigenvalue weighted by atomic mass is 10.3. The van der Waals surface area contributed by atoms with Gasteiger partial charge in [-0.15, -0.1) is 10.2 Å². The van der Waals surface area contributed by atoms with Gasteiger partial charge >= 0.3 is 6.03 Å². The van der Waals surface area contributed by atoms with Crippen LogP contribution in [0.2, 0.25) is 5.02 Å². The maximum atomic E-state index is 11.9. The molecule has 2 amide bonds. The number of methoxy groups -OCH3 is 1. The van der Waals surface area contributed by atoms with Gasteiger partial charge in [0.15, 0.2) is 5.82 Å². The highest BCUT2D eigenvalue weighted by atomic mass is 35.5. The van der Waals surface area contributed by atoms with Crippen LogP contribution in [0, 0.1) is 0 Å². The first-order chi connectivity index (χ1) is 10.7. The van der Waals surface area contributed by atoms with Gasteiger partial charge in [0.05, 0.1) is 18.7 Å². The van der Waals surface area contributed by atoms with Crippen molar-refractivity contribution in [2.75, 3.05) is 12.4 Å². The number of halogens is 1. The van der Waals surface area contributed by atoms with Crippen LogP contribution in [0.15, 0.2) is 18.2 Å². The Morgan fingerprint density at radius 3 is 3.09 bits per heavy atom. The van der Waals surface area contributed by atoms with Gasteiger partial charge in [-0.25, -0.2) is 4.79 Å². The number of ether oxygens (including phenoxy) is 1. The van der Waals surface area contributed by atoms with E-state index in [9.17, 15) is 4.79 Å². The number of aryl methyl sites for hydroxylation is 1. The molecule has 22 heavy (non-hydrogen) atoms. The molecule has 0 spiro atoms. The van der Waals surface area contributed by atoms with Crippen molar-refractivity contribution < 1.29 is 9.53 Å². The van der Waals surface area contributed by atoms with Crippen LogP contribution in [0.1, 0.15) is 18.1 Å². The number of benzene rings is 1. The first-order valence-corrected chi connectivity index (χ1v) is 7.34. The lowest BCUT2D eigenvalue weighted by Gasteiger charge is -2.09. The van der Waals surface area contributed by atoms with Gasteiger partial charge in [-0.3, -0.25) is 0 Å². The Morgan fingerprint density at radius 1 is 1.45 bits per heavy atom. The number of hydrogen-bond donors (Lipinski definition) is 2. The minimum absolute atomic E-state index is 0.323. The van der Waals surface area contributed by atoms with Crippen LogP contribution in [-0.2, 0) is 19.5 Å². The predicted octanol–water partition coefficient (Wildman–Crippen LogP) is 2.21. The molecule has 1 aromatic heterocycles. The summed E-state index contributed by atoms with van der Waals surface area (Å²) in [6.07, 6.45) is 2.03. The standard InChI is InChI=1S/C14H16ClN5O2/c1-22-11-5-4-9(7-10(11)15)17-14(21)16-8-13-19-18-12-3-2-6-20(12)13/h4-5,7H,2-3,6,8H2,1H3,(H2,16,17,21). The second kappa shape index (κ2) is 6.23. The number of aromatic nitrogens is 3. The zero-order valence-electron chi connectivity index (χ0n) is 12.1. The fourth-order valence-corrected chi connectivity index (χ4v) is 2.68. The molecular formula is C14H16ClN5O2. The first-order valence-electron chi connectivity index (χ1n) is 6.96. The molecule has 0 atom stereocenters. The fraction of sp³-hybridized carbons (Fsp3) is 0.357. The molecule has 0 aliphatic carbocycles. The lowest BCUT2D eigenvalue weighted by Crippen LogP contribution is -2.29. The van der Waals surface area contributed by atoms with Gasteiger partial charge in [-0.05, 0) is 24.6 Å². The van der Waals surface area contributed by atoms with Gasteiger partial charge in [0.25, 0.3) is 0 Å². The Labute approximate surface area is 132 Å². The molecule has 3 rings (SSSR count). The molecule has 0 saturated heterocycles. The van der Waals surface area contributed by atoms with Crippen LogP contribution in [0.5, 0.6) is 5.75 Å².